The second-order valence-corrected chi connectivity index (χ2v) is 8.17. The summed E-state index contributed by atoms with van der Waals surface area (Å²) in [5.74, 6) is -0.900. The number of carbonyl (C=O) groups is 1. The lowest BCUT2D eigenvalue weighted by Crippen LogP contribution is -2.36. The second kappa shape index (κ2) is 5.54. The van der Waals surface area contributed by atoms with Crippen LogP contribution in [-0.4, -0.2) is 19.6 Å². The smallest absolute Gasteiger partial charge is 0.237 e. The molecule has 0 aromatic heterocycles. The van der Waals surface area contributed by atoms with Crippen LogP contribution in [0.3, 0.4) is 0 Å². The lowest BCUT2D eigenvalue weighted by Gasteiger charge is -2.09. The van der Waals surface area contributed by atoms with Gasteiger partial charge in [0.25, 0.3) is 0 Å². The minimum Gasteiger partial charge on any atom is -0.274 e. The lowest BCUT2D eigenvalue weighted by atomic mass is 10.1. The van der Waals surface area contributed by atoms with Crippen LogP contribution in [0.15, 0.2) is 18.2 Å². The number of rotatable bonds is 4. The third-order valence-electron chi connectivity index (χ3n) is 3.37. The van der Waals surface area contributed by atoms with Gasteiger partial charge < -0.3 is 0 Å². The number of benzene rings is 1. The molecule has 0 saturated heterocycles. The zero-order valence-electron chi connectivity index (χ0n) is 11.1. The number of nitrogens with one attached hydrogen (secondary N) is 1. The number of hydrogen-bond donors (Lipinski definition) is 1. The van der Waals surface area contributed by atoms with Crippen molar-refractivity contribution in [2.24, 2.45) is 5.92 Å². The van der Waals surface area contributed by atoms with Gasteiger partial charge in [-0.2, -0.15) is 0 Å². The minimum atomic E-state index is -3.58. The Kier molecular flexibility index (Phi) is 4.33. The van der Waals surface area contributed by atoms with Crippen molar-refractivity contribution in [2.75, 3.05) is 0 Å². The molecule has 1 aromatic rings. The van der Waals surface area contributed by atoms with Crippen molar-refractivity contribution in [3.8, 4) is 0 Å². The van der Waals surface area contributed by atoms with E-state index in [9.17, 15) is 13.2 Å². The van der Waals surface area contributed by atoms with Crippen molar-refractivity contribution < 1.29 is 13.2 Å². The van der Waals surface area contributed by atoms with Gasteiger partial charge in [0.2, 0.25) is 15.9 Å². The Morgan fingerprint density at radius 1 is 1.35 bits per heavy atom. The second-order valence-electron chi connectivity index (χ2n) is 5.15. The van der Waals surface area contributed by atoms with Gasteiger partial charge >= 0.3 is 0 Å². The molecule has 2 rings (SSSR count). The molecule has 1 aromatic carbocycles. The number of hydrogen-bond acceptors (Lipinski definition) is 3. The van der Waals surface area contributed by atoms with Crippen LogP contribution in [0.5, 0.6) is 0 Å². The lowest BCUT2D eigenvalue weighted by molar-refractivity contribution is -0.120. The van der Waals surface area contributed by atoms with Crippen LogP contribution in [-0.2, 0) is 14.8 Å². The molecule has 0 unspecified atom stereocenters. The third kappa shape index (κ3) is 3.10. The predicted octanol–water partition coefficient (Wildman–Crippen LogP) is 2.95. The summed E-state index contributed by atoms with van der Waals surface area (Å²) in [7, 11) is -3.58. The average molecular weight is 336 g/mol. The topological polar surface area (TPSA) is 63.2 Å². The highest BCUT2D eigenvalue weighted by atomic mass is 35.5. The van der Waals surface area contributed by atoms with Gasteiger partial charge in [0.15, 0.2) is 0 Å². The normalized spacial score (nSPS) is 21.9. The first-order valence-corrected chi connectivity index (χ1v) is 8.53. The van der Waals surface area contributed by atoms with E-state index in [1.165, 1.54) is 13.8 Å². The summed E-state index contributed by atoms with van der Waals surface area (Å²) in [6.07, 6.45) is 0.583. The third-order valence-corrected chi connectivity index (χ3v) is 5.93. The molecule has 0 spiro atoms. The fourth-order valence-electron chi connectivity index (χ4n) is 1.97. The zero-order valence-corrected chi connectivity index (χ0v) is 13.4. The van der Waals surface area contributed by atoms with E-state index in [-0.39, 0.29) is 11.8 Å². The Morgan fingerprint density at radius 3 is 2.60 bits per heavy atom. The molecular weight excluding hydrogens is 321 g/mol. The van der Waals surface area contributed by atoms with E-state index in [0.29, 0.717) is 16.5 Å². The van der Waals surface area contributed by atoms with Gasteiger partial charge in [-0.05, 0) is 37.8 Å². The molecule has 0 aliphatic heterocycles. The van der Waals surface area contributed by atoms with E-state index >= 15 is 0 Å². The molecule has 0 radical (unpaired) electrons. The van der Waals surface area contributed by atoms with Crippen LogP contribution in [0.2, 0.25) is 10.0 Å². The predicted molar refractivity (Wildman–Crippen MR) is 79.5 cm³/mol. The van der Waals surface area contributed by atoms with E-state index in [4.69, 9.17) is 23.2 Å². The molecule has 1 amide bonds. The van der Waals surface area contributed by atoms with Gasteiger partial charge in [-0.3, -0.25) is 9.52 Å². The van der Waals surface area contributed by atoms with E-state index in [1.54, 1.807) is 12.1 Å². The van der Waals surface area contributed by atoms with Crippen molar-refractivity contribution in [1.29, 1.82) is 0 Å². The fraction of sp³-hybridized carbons (Fsp3) is 0.462. The van der Waals surface area contributed by atoms with Crippen LogP contribution in [0, 0.1) is 5.92 Å². The van der Waals surface area contributed by atoms with E-state index in [0.717, 1.165) is 5.56 Å². The Morgan fingerprint density at radius 2 is 2.00 bits per heavy atom. The highest BCUT2D eigenvalue weighted by Crippen LogP contribution is 2.50. The molecule has 7 heteroatoms. The van der Waals surface area contributed by atoms with Gasteiger partial charge in [0.1, 0.15) is 0 Å². The van der Waals surface area contributed by atoms with Crippen LogP contribution < -0.4 is 4.72 Å². The molecule has 1 aliphatic carbocycles. The Balaban J connectivity index is 2.09. The monoisotopic (exact) mass is 335 g/mol. The molecule has 4 nitrogen and oxygen atoms in total. The average Bonchev–Trinajstić information content (AvgIpc) is 3.12. The quantitative estimate of drug-likeness (QED) is 0.919. The van der Waals surface area contributed by atoms with E-state index < -0.39 is 21.2 Å². The SMILES string of the molecule is CC(C)S(=O)(=O)NC(=O)[C@@H]1C[C@@H]1c1cccc(Cl)c1Cl. The number of halogens is 2. The summed E-state index contributed by atoms with van der Waals surface area (Å²) in [5, 5.41) is 0.226. The maximum absolute atomic E-state index is 11.9. The maximum atomic E-state index is 11.9. The summed E-state index contributed by atoms with van der Waals surface area (Å²) in [5.41, 5.74) is 0.793. The first kappa shape index (κ1) is 15.6. The molecule has 0 heterocycles. The maximum Gasteiger partial charge on any atom is 0.237 e. The number of carbonyl (C=O) groups excluding carboxylic acids is 1. The summed E-state index contributed by atoms with van der Waals surface area (Å²) in [4.78, 5) is 11.9. The number of amides is 1. The summed E-state index contributed by atoms with van der Waals surface area (Å²) in [6.45, 7) is 3.04. The van der Waals surface area contributed by atoms with Crippen LogP contribution in [0.25, 0.3) is 0 Å². The molecule has 1 aliphatic rings. The van der Waals surface area contributed by atoms with Gasteiger partial charge in [-0.15, -0.1) is 0 Å². The molecule has 2 atom stereocenters. The standard InChI is InChI=1S/C13H15Cl2NO3S/c1-7(2)20(18,19)16-13(17)10-6-9(10)8-4-3-5-11(14)12(8)15/h3-5,7,9-10H,6H2,1-2H3,(H,16,17)/t9-,10-/m1/s1. The molecule has 1 fully saturated rings. The fourth-order valence-corrected chi connectivity index (χ4v) is 3.08. The molecule has 110 valence electrons. The van der Waals surface area contributed by atoms with Crippen molar-refractivity contribution in [2.45, 2.75) is 31.4 Å². The Hall–Kier alpha value is -0.780. The zero-order chi connectivity index (χ0) is 15.1. The van der Waals surface area contributed by atoms with Crippen molar-refractivity contribution in [3.63, 3.8) is 0 Å². The molecular formula is C13H15Cl2NO3S. The van der Waals surface area contributed by atoms with Crippen LogP contribution in [0.4, 0.5) is 0 Å². The number of sulfonamides is 1. The largest absolute Gasteiger partial charge is 0.274 e. The van der Waals surface area contributed by atoms with Crippen molar-refractivity contribution in [3.05, 3.63) is 33.8 Å². The highest BCUT2D eigenvalue weighted by Gasteiger charge is 2.46. The van der Waals surface area contributed by atoms with E-state index in [1.807, 2.05) is 6.07 Å². The first-order valence-electron chi connectivity index (χ1n) is 6.23. The van der Waals surface area contributed by atoms with E-state index in [2.05, 4.69) is 4.72 Å². The van der Waals surface area contributed by atoms with Crippen molar-refractivity contribution in [1.82, 2.24) is 4.72 Å². The van der Waals surface area contributed by atoms with Crippen LogP contribution >= 0.6 is 23.2 Å². The van der Waals surface area contributed by atoms with Crippen LogP contribution in [0.1, 0.15) is 31.7 Å². The first-order chi connectivity index (χ1) is 9.24. The summed E-state index contributed by atoms with van der Waals surface area (Å²) >= 11 is 12.0. The van der Waals surface area contributed by atoms with Gasteiger partial charge in [-0.1, -0.05) is 35.3 Å². The van der Waals surface area contributed by atoms with Gasteiger partial charge in [0, 0.05) is 5.92 Å². The minimum absolute atomic E-state index is 0.0661. The molecule has 20 heavy (non-hydrogen) atoms. The van der Waals surface area contributed by atoms with Gasteiger partial charge in [0.05, 0.1) is 15.3 Å². The molecule has 1 saturated carbocycles. The molecule has 0 bridgehead atoms. The summed E-state index contributed by atoms with van der Waals surface area (Å²) < 4.78 is 25.4. The highest BCUT2D eigenvalue weighted by molar-refractivity contribution is 7.90. The Bertz CT molecular complexity index is 643. The van der Waals surface area contributed by atoms with Crippen molar-refractivity contribution >= 4 is 39.1 Å². The Labute approximate surface area is 128 Å². The van der Waals surface area contributed by atoms with Gasteiger partial charge in [-0.25, -0.2) is 8.42 Å². The summed E-state index contributed by atoms with van der Waals surface area (Å²) in [6, 6.07) is 5.25. The molecule has 1 N–H and O–H groups in total.